The molecule has 5 aromatic rings. The minimum atomic E-state index is -3.84. The molecule has 0 aliphatic heterocycles. The Morgan fingerprint density at radius 3 is 2.00 bits per heavy atom. The zero-order valence-corrected chi connectivity index (χ0v) is 17.8. The van der Waals surface area contributed by atoms with Gasteiger partial charge in [0.15, 0.2) is 0 Å². The zero-order valence-electron chi connectivity index (χ0n) is 15.4. The number of anilines is 1. The van der Waals surface area contributed by atoms with E-state index in [4.69, 9.17) is 0 Å². The fourth-order valence-electron chi connectivity index (χ4n) is 3.49. The number of nitrogens with zero attached hydrogens (tertiary/aromatic N) is 2. The van der Waals surface area contributed by atoms with Crippen LogP contribution < -0.4 is 4.72 Å². The standard InChI is InChI=1S/C22H15N3O2S.FH.Pd/c26-28(27,19-10-2-6-16-7-3-13-23-21(16)19)25-18-9-1-5-15-11-12-17-8-4-14-24-22(17)20(15)18;;/h1-14,25H;1H;. The summed E-state index contributed by atoms with van der Waals surface area (Å²) in [5, 5.41) is 3.42. The third-order valence-electron chi connectivity index (χ3n) is 4.74. The van der Waals surface area contributed by atoms with Gasteiger partial charge in [0.2, 0.25) is 0 Å². The van der Waals surface area contributed by atoms with Gasteiger partial charge in [0.1, 0.15) is 4.90 Å². The molecule has 5 rings (SSSR count). The normalized spacial score (nSPS) is 11.1. The molecule has 2 heterocycles. The Kier molecular flexibility index (Phi) is 6.13. The van der Waals surface area contributed by atoms with Crippen LogP contribution >= 0.6 is 0 Å². The van der Waals surface area contributed by atoms with Crippen LogP contribution in [0.5, 0.6) is 0 Å². The van der Waals surface area contributed by atoms with E-state index in [2.05, 4.69) is 14.7 Å². The molecular weight excluding hydrogens is 496 g/mol. The largest absolute Gasteiger partial charge is 0.279 e. The second-order valence-electron chi connectivity index (χ2n) is 6.48. The molecule has 0 saturated heterocycles. The maximum Gasteiger partial charge on any atom is 0.264 e. The summed E-state index contributed by atoms with van der Waals surface area (Å²) >= 11 is 0. The van der Waals surface area contributed by atoms with Crippen LogP contribution in [0.1, 0.15) is 0 Å². The Hall–Kier alpha value is -2.92. The van der Waals surface area contributed by atoms with E-state index in [-0.39, 0.29) is 30.0 Å². The molecule has 0 aliphatic carbocycles. The van der Waals surface area contributed by atoms with E-state index in [9.17, 15) is 8.42 Å². The molecule has 1 N–H and O–H groups in total. The number of halogens is 1. The fourth-order valence-corrected chi connectivity index (χ4v) is 4.74. The topological polar surface area (TPSA) is 72.0 Å². The van der Waals surface area contributed by atoms with E-state index in [1.165, 1.54) is 0 Å². The van der Waals surface area contributed by atoms with Gasteiger partial charge in [0.05, 0.1) is 16.7 Å². The van der Waals surface area contributed by atoms with Crippen LogP contribution in [-0.2, 0) is 30.4 Å². The number of sulfonamides is 1. The molecule has 8 heteroatoms. The van der Waals surface area contributed by atoms with Crippen molar-refractivity contribution in [3.05, 3.63) is 85.2 Å². The Morgan fingerprint density at radius 2 is 1.23 bits per heavy atom. The van der Waals surface area contributed by atoms with Crippen molar-refractivity contribution in [1.29, 1.82) is 0 Å². The predicted molar refractivity (Wildman–Crippen MR) is 114 cm³/mol. The first-order valence-electron chi connectivity index (χ1n) is 8.76. The van der Waals surface area contributed by atoms with Gasteiger partial charge in [-0.1, -0.05) is 48.5 Å². The van der Waals surface area contributed by atoms with Crippen molar-refractivity contribution in [1.82, 2.24) is 9.97 Å². The van der Waals surface area contributed by atoms with Gasteiger partial charge in [-0.2, -0.15) is 0 Å². The summed E-state index contributed by atoms with van der Waals surface area (Å²) in [5.41, 5.74) is 1.70. The first-order chi connectivity index (χ1) is 13.6. The van der Waals surface area contributed by atoms with Gasteiger partial charge in [-0.25, -0.2) is 8.42 Å². The molecule has 0 fully saturated rings. The van der Waals surface area contributed by atoms with Gasteiger partial charge in [0.25, 0.3) is 10.0 Å². The van der Waals surface area contributed by atoms with Crippen molar-refractivity contribution in [3.8, 4) is 0 Å². The summed E-state index contributed by atoms with van der Waals surface area (Å²) in [7, 11) is -3.84. The molecule has 0 atom stereocenters. The van der Waals surface area contributed by atoms with Crippen molar-refractivity contribution >= 4 is 48.3 Å². The molecule has 0 aliphatic rings. The summed E-state index contributed by atoms with van der Waals surface area (Å²) in [6, 6.07) is 22.1. The fraction of sp³-hybridized carbons (Fsp3) is 0. The molecule has 0 amide bonds. The number of hydrogen-bond donors (Lipinski definition) is 1. The van der Waals surface area contributed by atoms with E-state index in [0.29, 0.717) is 11.2 Å². The molecule has 3 aromatic carbocycles. The van der Waals surface area contributed by atoms with E-state index in [0.717, 1.165) is 27.1 Å². The minimum absolute atomic E-state index is 0. The summed E-state index contributed by atoms with van der Waals surface area (Å²) < 4.78 is 29.2. The third kappa shape index (κ3) is 3.66. The molecule has 0 spiro atoms. The number of fused-ring (bicyclic) bond motifs is 4. The van der Waals surface area contributed by atoms with Crippen molar-refractivity contribution in [3.63, 3.8) is 0 Å². The molecule has 0 bridgehead atoms. The van der Waals surface area contributed by atoms with Gasteiger partial charge in [-0.15, -0.1) is 0 Å². The Labute approximate surface area is 186 Å². The predicted octanol–water partition coefficient (Wildman–Crippen LogP) is 4.89. The number of hydrogen-bond acceptors (Lipinski definition) is 4. The van der Waals surface area contributed by atoms with Gasteiger partial charge in [-0.3, -0.25) is 19.4 Å². The Bertz CT molecular complexity index is 1470. The molecule has 0 unspecified atom stereocenters. The van der Waals surface area contributed by atoms with Crippen LogP contribution in [0.4, 0.5) is 10.4 Å². The van der Waals surface area contributed by atoms with E-state index in [1.54, 1.807) is 36.7 Å². The van der Waals surface area contributed by atoms with Gasteiger partial charge in [0, 0.05) is 49.0 Å². The summed E-state index contributed by atoms with van der Waals surface area (Å²) in [4.78, 5) is 8.89. The number of para-hydroxylation sites is 1. The van der Waals surface area contributed by atoms with Crippen LogP contribution in [0.25, 0.3) is 32.6 Å². The number of nitrogens with one attached hydrogen (secondary N) is 1. The molecule has 5 nitrogen and oxygen atoms in total. The van der Waals surface area contributed by atoms with Crippen molar-refractivity contribution in [2.24, 2.45) is 0 Å². The van der Waals surface area contributed by atoms with Crippen molar-refractivity contribution in [2.45, 2.75) is 4.90 Å². The maximum atomic E-state index is 13.2. The van der Waals surface area contributed by atoms with Crippen LogP contribution in [0.2, 0.25) is 0 Å². The van der Waals surface area contributed by atoms with Gasteiger partial charge < -0.3 is 0 Å². The summed E-state index contributed by atoms with van der Waals surface area (Å²) in [6.07, 6.45) is 3.30. The third-order valence-corrected chi connectivity index (χ3v) is 6.14. The van der Waals surface area contributed by atoms with E-state index in [1.807, 2.05) is 48.5 Å². The molecule has 154 valence electrons. The van der Waals surface area contributed by atoms with Crippen LogP contribution in [0.15, 0.2) is 90.1 Å². The number of aromatic nitrogens is 2. The monoisotopic (exact) mass is 511 g/mol. The first kappa shape index (κ1) is 21.8. The minimum Gasteiger partial charge on any atom is -0.279 e. The number of rotatable bonds is 3. The quantitative estimate of drug-likeness (QED) is 0.277. The van der Waals surface area contributed by atoms with Gasteiger partial charge in [-0.05, 0) is 29.7 Å². The van der Waals surface area contributed by atoms with Crippen molar-refractivity contribution in [2.75, 3.05) is 4.72 Å². The number of benzene rings is 3. The average molecular weight is 512 g/mol. The maximum absolute atomic E-state index is 13.2. The Morgan fingerprint density at radius 1 is 0.667 bits per heavy atom. The van der Waals surface area contributed by atoms with Crippen LogP contribution in [-0.4, -0.2) is 18.4 Å². The summed E-state index contributed by atoms with van der Waals surface area (Å²) in [5.74, 6) is 0. The van der Waals surface area contributed by atoms with E-state index >= 15 is 0 Å². The van der Waals surface area contributed by atoms with Crippen molar-refractivity contribution < 1.29 is 33.5 Å². The second kappa shape index (κ2) is 8.44. The summed E-state index contributed by atoms with van der Waals surface area (Å²) in [6.45, 7) is 0. The average Bonchev–Trinajstić information content (AvgIpc) is 2.73. The second-order valence-corrected chi connectivity index (χ2v) is 8.13. The molecule has 0 radical (unpaired) electrons. The first-order valence-corrected chi connectivity index (χ1v) is 10.2. The molecule has 0 saturated carbocycles. The van der Waals surface area contributed by atoms with E-state index < -0.39 is 10.0 Å². The number of pyridine rings is 2. The van der Waals surface area contributed by atoms with Gasteiger partial charge >= 0.3 is 0 Å². The Balaban J connectivity index is 0.00000128. The molecule has 2 aromatic heterocycles. The smallest absolute Gasteiger partial charge is 0.264 e. The molecular formula is C22H16FN3O2PdS. The molecule has 30 heavy (non-hydrogen) atoms. The van der Waals surface area contributed by atoms with Crippen LogP contribution in [0, 0.1) is 0 Å². The SMILES string of the molecule is F.O=S(=O)(Nc1cccc2ccc3cccnc3c12)c1cccc2cccnc12.[Pd]. The zero-order chi connectivity index (χ0) is 19.1. The van der Waals surface area contributed by atoms with Crippen LogP contribution in [0.3, 0.4) is 0 Å².